The molecule has 12 heavy (non-hydrogen) atoms. The minimum Gasteiger partial charge on any atom is -0.314 e. The van der Waals surface area contributed by atoms with E-state index in [2.05, 4.69) is 12.2 Å². The van der Waals surface area contributed by atoms with Crippen molar-refractivity contribution in [3.8, 4) is 0 Å². The van der Waals surface area contributed by atoms with E-state index in [-0.39, 0.29) is 6.67 Å². The van der Waals surface area contributed by atoms with Gasteiger partial charge in [-0.3, -0.25) is 0 Å². The van der Waals surface area contributed by atoms with E-state index < -0.39 is 0 Å². The molecule has 72 valence electrons. The third-order valence-electron chi connectivity index (χ3n) is 2.75. The van der Waals surface area contributed by atoms with Crippen LogP contribution in [0.5, 0.6) is 0 Å². The second-order valence-electron chi connectivity index (χ2n) is 4.03. The van der Waals surface area contributed by atoms with Crippen LogP contribution in [-0.4, -0.2) is 19.8 Å². The molecule has 0 aromatic heterocycles. The van der Waals surface area contributed by atoms with Gasteiger partial charge in [0, 0.05) is 6.54 Å². The van der Waals surface area contributed by atoms with E-state index in [9.17, 15) is 4.39 Å². The number of hydrogen-bond donors (Lipinski definition) is 1. The van der Waals surface area contributed by atoms with E-state index in [1.54, 1.807) is 0 Å². The van der Waals surface area contributed by atoms with E-state index >= 15 is 0 Å². The summed E-state index contributed by atoms with van der Waals surface area (Å²) in [7, 11) is 0. The van der Waals surface area contributed by atoms with Gasteiger partial charge in [-0.1, -0.05) is 19.8 Å². The molecule has 2 heteroatoms. The minimum absolute atomic E-state index is 0.234. The van der Waals surface area contributed by atoms with Crippen molar-refractivity contribution in [1.82, 2.24) is 5.32 Å². The van der Waals surface area contributed by atoms with Crippen molar-refractivity contribution in [2.24, 2.45) is 11.8 Å². The van der Waals surface area contributed by atoms with Gasteiger partial charge in [0.15, 0.2) is 0 Å². The van der Waals surface area contributed by atoms with Crippen LogP contribution in [0.2, 0.25) is 0 Å². The molecule has 0 amide bonds. The molecule has 0 saturated heterocycles. The van der Waals surface area contributed by atoms with Crippen molar-refractivity contribution in [3.63, 3.8) is 0 Å². The van der Waals surface area contributed by atoms with Crippen molar-refractivity contribution in [2.45, 2.75) is 32.6 Å². The highest BCUT2D eigenvalue weighted by Crippen LogP contribution is 2.27. The van der Waals surface area contributed by atoms with Gasteiger partial charge < -0.3 is 5.32 Å². The molecule has 1 nitrogen and oxygen atoms in total. The molecule has 2 unspecified atom stereocenters. The fraction of sp³-hybridized carbons (Fsp3) is 1.00. The Morgan fingerprint density at radius 1 is 1.42 bits per heavy atom. The van der Waals surface area contributed by atoms with Crippen molar-refractivity contribution in [3.05, 3.63) is 0 Å². The normalized spacial score (nSPS) is 30.5. The summed E-state index contributed by atoms with van der Waals surface area (Å²) in [6.45, 7) is 3.64. The summed E-state index contributed by atoms with van der Waals surface area (Å²) in [5.74, 6) is 1.69. The van der Waals surface area contributed by atoms with Crippen LogP contribution in [0.4, 0.5) is 4.39 Å². The largest absolute Gasteiger partial charge is 0.314 e. The Hall–Kier alpha value is -0.110. The molecule has 1 rings (SSSR count). The van der Waals surface area contributed by atoms with E-state index in [0.29, 0.717) is 6.54 Å². The molecular formula is C10H20FN. The Balaban J connectivity index is 2.06. The van der Waals surface area contributed by atoms with Crippen LogP contribution in [0.15, 0.2) is 0 Å². The summed E-state index contributed by atoms with van der Waals surface area (Å²) >= 11 is 0. The second-order valence-corrected chi connectivity index (χ2v) is 4.03. The zero-order chi connectivity index (χ0) is 8.81. The van der Waals surface area contributed by atoms with Gasteiger partial charge in [0.25, 0.3) is 0 Å². The monoisotopic (exact) mass is 173 g/mol. The van der Waals surface area contributed by atoms with Gasteiger partial charge in [0.05, 0.1) is 0 Å². The number of hydrogen-bond acceptors (Lipinski definition) is 1. The van der Waals surface area contributed by atoms with Crippen molar-refractivity contribution >= 4 is 0 Å². The fourth-order valence-electron chi connectivity index (χ4n) is 2.12. The van der Waals surface area contributed by atoms with Gasteiger partial charge in [0.2, 0.25) is 0 Å². The van der Waals surface area contributed by atoms with E-state index in [0.717, 1.165) is 18.4 Å². The van der Waals surface area contributed by atoms with Gasteiger partial charge in [-0.05, 0) is 31.2 Å². The van der Waals surface area contributed by atoms with Gasteiger partial charge in [0.1, 0.15) is 6.67 Å². The lowest BCUT2D eigenvalue weighted by molar-refractivity contribution is 0.272. The van der Waals surface area contributed by atoms with Gasteiger partial charge in [-0.25, -0.2) is 4.39 Å². The highest BCUT2D eigenvalue weighted by Gasteiger charge is 2.17. The summed E-state index contributed by atoms with van der Waals surface area (Å²) in [5.41, 5.74) is 0. The zero-order valence-corrected chi connectivity index (χ0v) is 7.98. The molecule has 0 aromatic carbocycles. The average Bonchev–Trinajstić information content (AvgIpc) is 2.05. The smallest absolute Gasteiger partial charge is 0.102 e. The maximum absolute atomic E-state index is 11.8. The van der Waals surface area contributed by atoms with Crippen LogP contribution in [0.25, 0.3) is 0 Å². The minimum atomic E-state index is -0.234. The third-order valence-corrected chi connectivity index (χ3v) is 2.75. The lowest BCUT2D eigenvalue weighted by atomic mass is 9.82. The fourth-order valence-corrected chi connectivity index (χ4v) is 2.12. The molecule has 1 aliphatic rings. The lowest BCUT2D eigenvalue weighted by Crippen LogP contribution is -2.27. The molecule has 0 heterocycles. The van der Waals surface area contributed by atoms with Gasteiger partial charge in [-0.2, -0.15) is 0 Å². The number of halogens is 1. The second kappa shape index (κ2) is 5.52. The maximum Gasteiger partial charge on any atom is 0.102 e. The molecule has 0 bridgehead atoms. The van der Waals surface area contributed by atoms with Gasteiger partial charge >= 0.3 is 0 Å². The van der Waals surface area contributed by atoms with E-state index in [1.807, 2.05) is 0 Å². The first kappa shape index (κ1) is 9.97. The zero-order valence-electron chi connectivity index (χ0n) is 7.98. The molecule has 0 radical (unpaired) electrons. The standard InChI is InChI=1S/C10H20FN/c1-9-3-2-4-10(7-9)8-12-6-5-11/h9-10,12H,2-8H2,1H3. The first-order valence-electron chi connectivity index (χ1n) is 5.09. The van der Waals surface area contributed by atoms with Crippen molar-refractivity contribution in [2.75, 3.05) is 19.8 Å². The van der Waals surface area contributed by atoms with Gasteiger partial charge in [-0.15, -0.1) is 0 Å². The molecule has 1 N–H and O–H groups in total. The first-order chi connectivity index (χ1) is 5.83. The summed E-state index contributed by atoms with van der Waals surface area (Å²) in [5, 5.41) is 3.15. The molecule has 2 atom stereocenters. The quantitative estimate of drug-likeness (QED) is 0.644. The SMILES string of the molecule is CC1CCCC(CNCCF)C1. The van der Waals surface area contributed by atoms with Crippen molar-refractivity contribution in [1.29, 1.82) is 0 Å². The Labute approximate surface area is 74.7 Å². The van der Waals surface area contributed by atoms with E-state index in [1.165, 1.54) is 25.7 Å². The third kappa shape index (κ3) is 3.53. The topological polar surface area (TPSA) is 12.0 Å². The number of alkyl halides is 1. The average molecular weight is 173 g/mol. The van der Waals surface area contributed by atoms with Crippen LogP contribution >= 0.6 is 0 Å². The molecule has 0 spiro atoms. The first-order valence-corrected chi connectivity index (χ1v) is 5.09. The molecule has 1 saturated carbocycles. The van der Waals surface area contributed by atoms with Crippen molar-refractivity contribution < 1.29 is 4.39 Å². The number of nitrogens with one attached hydrogen (secondary N) is 1. The highest BCUT2D eigenvalue weighted by atomic mass is 19.1. The predicted octanol–water partition coefficient (Wildman–Crippen LogP) is 2.37. The Morgan fingerprint density at radius 2 is 2.25 bits per heavy atom. The lowest BCUT2D eigenvalue weighted by Gasteiger charge is -2.26. The number of rotatable bonds is 4. The van der Waals surface area contributed by atoms with E-state index in [4.69, 9.17) is 0 Å². The molecule has 1 aliphatic carbocycles. The van der Waals surface area contributed by atoms with Crippen LogP contribution in [0, 0.1) is 11.8 Å². The predicted molar refractivity (Wildman–Crippen MR) is 50.0 cm³/mol. The summed E-state index contributed by atoms with van der Waals surface area (Å²) in [6.07, 6.45) is 5.42. The Morgan fingerprint density at radius 3 is 2.92 bits per heavy atom. The molecule has 1 fully saturated rings. The highest BCUT2D eigenvalue weighted by molar-refractivity contribution is 4.71. The maximum atomic E-state index is 11.8. The Bertz CT molecular complexity index is 116. The summed E-state index contributed by atoms with van der Waals surface area (Å²) in [4.78, 5) is 0. The molecule has 0 aliphatic heterocycles. The van der Waals surface area contributed by atoms with Crippen LogP contribution in [0.3, 0.4) is 0 Å². The molecule has 0 aromatic rings. The summed E-state index contributed by atoms with van der Waals surface area (Å²) < 4.78 is 11.8. The van der Waals surface area contributed by atoms with Crippen LogP contribution < -0.4 is 5.32 Å². The molecular weight excluding hydrogens is 153 g/mol. The van der Waals surface area contributed by atoms with Crippen LogP contribution in [0.1, 0.15) is 32.6 Å². The van der Waals surface area contributed by atoms with Crippen LogP contribution in [-0.2, 0) is 0 Å². The summed E-state index contributed by atoms with van der Waals surface area (Å²) in [6, 6.07) is 0. The Kier molecular flexibility index (Phi) is 4.59.